The summed E-state index contributed by atoms with van der Waals surface area (Å²) in [6.45, 7) is 15.8. The third-order valence-corrected chi connectivity index (χ3v) is 14.8. The summed E-state index contributed by atoms with van der Waals surface area (Å²) in [5, 5.41) is -1.58. The van der Waals surface area contributed by atoms with Gasteiger partial charge in [-0.1, -0.05) is 65.8 Å². The zero-order valence-electron chi connectivity index (χ0n) is 28.3. The molecule has 8 unspecified atom stereocenters. The van der Waals surface area contributed by atoms with Crippen LogP contribution in [0.25, 0.3) is 0 Å². The Morgan fingerprint density at radius 1 is 0.705 bits per heavy atom. The predicted molar refractivity (Wildman–Crippen MR) is 177 cm³/mol. The van der Waals surface area contributed by atoms with E-state index in [1.54, 1.807) is 13.8 Å². The van der Waals surface area contributed by atoms with Gasteiger partial charge in [-0.05, 0) is 62.2 Å². The summed E-state index contributed by atoms with van der Waals surface area (Å²) in [6.07, 6.45) is 11.7. The van der Waals surface area contributed by atoms with Gasteiger partial charge in [0.15, 0.2) is 19.7 Å². The van der Waals surface area contributed by atoms with Crippen molar-refractivity contribution in [2.45, 2.75) is 104 Å². The van der Waals surface area contributed by atoms with Gasteiger partial charge >= 0.3 is 0 Å². The fourth-order valence-electron chi connectivity index (χ4n) is 7.09. The van der Waals surface area contributed by atoms with E-state index < -0.39 is 30.2 Å². The van der Waals surface area contributed by atoms with Crippen LogP contribution in [0.5, 0.6) is 0 Å². The highest BCUT2D eigenvalue weighted by atomic mass is 32.2. The molecule has 2 rings (SSSR count). The first-order chi connectivity index (χ1) is 20.4. The first-order valence-corrected chi connectivity index (χ1v) is 19.8. The highest BCUT2D eigenvalue weighted by Crippen LogP contribution is 2.45. The van der Waals surface area contributed by atoms with E-state index in [-0.39, 0.29) is 96.8 Å². The Morgan fingerprint density at radius 3 is 1.36 bits per heavy atom. The highest BCUT2D eigenvalue weighted by Gasteiger charge is 2.43. The number of ether oxygens (including phenoxy) is 2. The van der Waals surface area contributed by atoms with Crippen LogP contribution in [0.1, 0.15) is 93.9 Å². The van der Waals surface area contributed by atoms with Crippen LogP contribution in [-0.4, -0.2) is 76.8 Å². The van der Waals surface area contributed by atoms with Crippen LogP contribution in [0.3, 0.4) is 0 Å². The number of rotatable bonds is 19. The average molecular weight is 659 g/mol. The van der Waals surface area contributed by atoms with Crippen LogP contribution >= 0.6 is 0 Å². The molecule has 44 heavy (non-hydrogen) atoms. The van der Waals surface area contributed by atoms with Crippen molar-refractivity contribution in [3.63, 3.8) is 0 Å². The molecular weight excluding hydrogens is 601 g/mol. The summed E-state index contributed by atoms with van der Waals surface area (Å²) in [6, 6.07) is 0. The summed E-state index contributed by atoms with van der Waals surface area (Å²) in [4.78, 5) is 26.4. The van der Waals surface area contributed by atoms with Crippen molar-refractivity contribution < 1.29 is 35.9 Å². The third-order valence-electron chi connectivity index (χ3n) is 10.5. The number of sulfone groups is 2. The molecule has 0 N–H and O–H groups in total. The van der Waals surface area contributed by atoms with Crippen molar-refractivity contribution >= 4 is 31.2 Å². The first-order valence-electron chi connectivity index (χ1n) is 16.4. The van der Waals surface area contributed by atoms with Crippen molar-refractivity contribution in [2.24, 2.45) is 34.5 Å². The van der Waals surface area contributed by atoms with Crippen molar-refractivity contribution in [3.05, 3.63) is 24.3 Å². The zero-order valence-corrected chi connectivity index (χ0v) is 30.0. The summed E-state index contributed by atoms with van der Waals surface area (Å²) in [7, 11) is -7.06. The van der Waals surface area contributed by atoms with Crippen LogP contribution in [0.15, 0.2) is 24.3 Å². The molecule has 8 atom stereocenters. The van der Waals surface area contributed by atoms with Crippen LogP contribution in [0, 0.1) is 34.5 Å². The monoisotopic (exact) mass is 658 g/mol. The van der Waals surface area contributed by atoms with Crippen LogP contribution in [0.2, 0.25) is 0 Å². The predicted octanol–water partition coefficient (Wildman–Crippen LogP) is 5.80. The Labute approximate surface area is 267 Å². The van der Waals surface area contributed by atoms with Gasteiger partial charge in [-0.15, -0.1) is 0 Å². The van der Waals surface area contributed by atoms with Gasteiger partial charge in [0.25, 0.3) is 0 Å². The number of allylic oxidation sites excluding steroid dienone is 4. The number of carbonyl (C=O) groups is 2. The van der Waals surface area contributed by atoms with Gasteiger partial charge in [0.1, 0.15) is 11.6 Å². The SMILES string of the molecule is CCC1(C)CC=CC(C)C1C(=O)CC(C)S(=O)(=O)CCOCCOCCS(=O)(=O)C(C)CC(=O)C1C(C)C=CCC1(C)CC. The zero-order chi connectivity index (χ0) is 33.3. The van der Waals surface area contributed by atoms with Crippen molar-refractivity contribution in [2.75, 3.05) is 37.9 Å². The minimum atomic E-state index is -3.53. The average Bonchev–Trinajstić information content (AvgIpc) is 2.94. The van der Waals surface area contributed by atoms with Crippen LogP contribution in [0.4, 0.5) is 0 Å². The molecule has 0 radical (unpaired) electrons. The number of hydrogen-bond donors (Lipinski definition) is 0. The Kier molecular flexibility index (Phi) is 14.5. The molecule has 2 aliphatic rings. The van der Waals surface area contributed by atoms with E-state index in [0.717, 1.165) is 25.7 Å². The van der Waals surface area contributed by atoms with Crippen LogP contribution < -0.4 is 0 Å². The van der Waals surface area contributed by atoms with Gasteiger partial charge in [0, 0.05) is 24.7 Å². The van der Waals surface area contributed by atoms with E-state index in [9.17, 15) is 26.4 Å². The lowest BCUT2D eigenvalue weighted by Crippen LogP contribution is -2.41. The fraction of sp³-hybridized carbons (Fsp3) is 0.824. The second-order valence-corrected chi connectivity index (χ2v) is 19.0. The molecule has 0 bridgehead atoms. The fourth-order valence-corrected chi connectivity index (χ4v) is 9.43. The van der Waals surface area contributed by atoms with Gasteiger partial charge in [-0.3, -0.25) is 9.59 Å². The van der Waals surface area contributed by atoms with E-state index in [1.807, 2.05) is 13.8 Å². The summed E-state index contributed by atoms with van der Waals surface area (Å²) in [5.74, 6) is -0.592. The van der Waals surface area contributed by atoms with Crippen molar-refractivity contribution in [1.82, 2.24) is 0 Å². The number of carbonyl (C=O) groups excluding carboxylic acids is 2. The molecule has 0 saturated carbocycles. The lowest BCUT2D eigenvalue weighted by molar-refractivity contribution is -0.129. The molecule has 2 aliphatic carbocycles. The maximum Gasteiger partial charge on any atom is 0.155 e. The number of hydrogen-bond acceptors (Lipinski definition) is 8. The van der Waals surface area contributed by atoms with Gasteiger partial charge in [0.2, 0.25) is 0 Å². The second kappa shape index (κ2) is 16.5. The molecule has 8 nitrogen and oxygen atoms in total. The van der Waals surface area contributed by atoms with E-state index >= 15 is 0 Å². The Morgan fingerprint density at radius 2 is 1.05 bits per heavy atom. The van der Waals surface area contributed by atoms with Gasteiger partial charge in [-0.25, -0.2) is 16.8 Å². The molecule has 10 heteroatoms. The molecule has 0 heterocycles. The van der Waals surface area contributed by atoms with Gasteiger partial charge < -0.3 is 9.47 Å². The molecule has 0 aromatic carbocycles. The summed E-state index contributed by atoms with van der Waals surface area (Å²) in [5.41, 5.74) is -0.316. The lowest BCUT2D eigenvalue weighted by Gasteiger charge is -2.41. The number of Topliss-reactive ketones (excluding diaryl/α,β-unsaturated/α-hetero) is 2. The molecule has 0 saturated heterocycles. The van der Waals surface area contributed by atoms with Crippen LogP contribution in [-0.2, 0) is 38.7 Å². The Balaban J connectivity index is 1.71. The molecule has 0 amide bonds. The topological polar surface area (TPSA) is 121 Å². The largest absolute Gasteiger partial charge is 0.378 e. The molecule has 254 valence electrons. The van der Waals surface area contributed by atoms with E-state index in [1.165, 1.54) is 0 Å². The lowest BCUT2D eigenvalue weighted by atomic mass is 9.62. The molecule has 0 spiro atoms. The summed E-state index contributed by atoms with van der Waals surface area (Å²) >= 11 is 0. The molecule has 0 fully saturated rings. The maximum absolute atomic E-state index is 13.2. The molecule has 0 aromatic heterocycles. The van der Waals surface area contributed by atoms with E-state index in [4.69, 9.17) is 9.47 Å². The normalized spacial score (nSPS) is 30.6. The Hall–Kier alpha value is -1.36. The Bertz CT molecular complexity index is 1140. The van der Waals surface area contributed by atoms with Crippen molar-refractivity contribution in [3.8, 4) is 0 Å². The minimum Gasteiger partial charge on any atom is -0.378 e. The second-order valence-electron chi connectivity index (χ2n) is 13.9. The third kappa shape index (κ3) is 10.1. The summed E-state index contributed by atoms with van der Waals surface area (Å²) < 4.78 is 62.3. The first kappa shape index (κ1) is 38.8. The quantitative estimate of drug-likeness (QED) is 0.126. The number of ketones is 2. The van der Waals surface area contributed by atoms with E-state index in [0.29, 0.717) is 0 Å². The minimum absolute atomic E-state index is 0.00295. The van der Waals surface area contributed by atoms with E-state index in [2.05, 4.69) is 52.0 Å². The highest BCUT2D eigenvalue weighted by molar-refractivity contribution is 7.92. The smallest absolute Gasteiger partial charge is 0.155 e. The molecule has 0 aliphatic heterocycles. The molecule has 0 aromatic rings. The maximum atomic E-state index is 13.2. The van der Waals surface area contributed by atoms with Gasteiger partial charge in [0.05, 0.1) is 48.4 Å². The van der Waals surface area contributed by atoms with Crippen molar-refractivity contribution in [1.29, 1.82) is 0 Å². The standard InChI is InChI=1S/C34H58O8S2/c1-9-33(7)15-11-13-25(3)31(33)29(35)23-27(5)43(37,38)21-19-41-17-18-42-20-22-44(39,40)28(6)24-30(36)32-26(4)14-12-16-34(32,8)10-2/h11-14,25-28,31-32H,9-10,15-24H2,1-8H3. The molecular formula is C34H58O8S2. The van der Waals surface area contributed by atoms with Gasteiger partial charge in [-0.2, -0.15) is 0 Å².